The minimum atomic E-state index is 0.984. The second-order valence-corrected chi connectivity index (χ2v) is 11.9. The van der Waals surface area contributed by atoms with Gasteiger partial charge in [-0.3, -0.25) is 0 Å². The number of nitrogens with zero attached hydrogens (tertiary/aromatic N) is 2. The maximum absolute atomic E-state index is 4.94. The van der Waals surface area contributed by atoms with Crippen LogP contribution in [0.25, 0.3) is 88.1 Å². The summed E-state index contributed by atoms with van der Waals surface area (Å²) in [7, 11) is 0. The number of rotatable bonds is 4. The van der Waals surface area contributed by atoms with Crippen LogP contribution in [0.3, 0.4) is 0 Å². The molecule has 0 bridgehead atoms. The largest absolute Gasteiger partial charge is 0.248 e. The number of aromatic nitrogens is 2. The number of benzene rings is 7. The SMILES string of the molecule is c1cc(-c2ccc3ccc4ccc(-c5cccc(-c6ccc7ccccc7n6)c5)cc4c3c2)cc(-c2ccc3ccccc3n2)c1. The van der Waals surface area contributed by atoms with Crippen molar-refractivity contribution >= 4 is 43.4 Å². The molecule has 2 nitrogen and oxygen atoms in total. The first-order valence-electron chi connectivity index (χ1n) is 15.6. The van der Waals surface area contributed by atoms with Gasteiger partial charge in [-0.25, -0.2) is 9.97 Å². The van der Waals surface area contributed by atoms with E-state index in [0.29, 0.717) is 0 Å². The molecule has 214 valence electrons. The maximum Gasteiger partial charge on any atom is 0.0709 e. The summed E-state index contributed by atoms with van der Waals surface area (Å²) in [6, 6.07) is 60.5. The summed E-state index contributed by atoms with van der Waals surface area (Å²) in [5.74, 6) is 0. The summed E-state index contributed by atoms with van der Waals surface area (Å²) in [6.45, 7) is 0. The molecule has 0 radical (unpaired) electrons. The van der Waals surface area contributed by atoms with E-state index in [1.807, 2.05) is 12.1 Å². The van der Waals surface area contributed by atoms with E-state index in [-0.39, 0.29) is 0 Å². The van der Waals surface area contributed by atoms with Gasteiger partial charge in [0.25, 0.3) is 0 Å². The molecule has 46 heavy (non-hydrogen) atoms. The van der Waals surface area contributed by atoms with Crippen LogP contribution in [-0.2, 0) is 0 Å². The maximum atomic E-state index is 4.94. The normalized spacial score (nSPS) is 11.5. The lowest BCUT2D eigenvalue weighted by atomic mass is 9.93. The van der Waals surface area contributed by atoms with Crippen molar-refractivity contribution in [2.45, 2.75) is 0 Å². The van der Waals surface area contributed by atoms with E-state index in [1.54, 1.807) is 0 Å². The first kappa shape index (κ1) is 26.3. The summed E-state index contributed by atoms with van der Waals surface area (Å²) in [5.41, 5.74) is 11.0. The van der Waals surface area contributed by atoms with Gasteiger partial charge in [-0.2, -0.15) is 0 Å². The number of hydrogen-bond donors (Lipinski definition) is 0. The van der Waals surface area contributed by atoms with Crippen LogP contribution < -0.4 is 0 Å². The molecule has 0 saturated carbocycles. The lowest BCUT2D eigenvalue weighted by Crippen LogP contribution is -1.87. The van der Waals surface area contributed by atoms with Crippen molar-refractivity contribution in [2.75, 3.05) is 0 Å². The minimum absolute atomic E-state index is 0.984. The van der Waals surface area contributed by atoms with Gasteiger partial charge >= 0.3 is 0 Å². The fourth-order valence-corrected chi connectivity index (χ4v) is 6.58. The smallest absolute Gasteiger partial charge is 0.0709 e. The summed E-state index contributed by atoms with van der Waals surface area (Å²) in [4.78, 5) is 9.89. The zero-order valence-electron chi connectivity index (χ0n) is 25.1. The van der Waals surface area contributed by atoms with E-state index in [2.05, 4.69) is 158 Å². The Balaban J connectivity index is 1.12. The van der Waals surface area contributed by atoms with Gasteiger partial charge in [0.15, 0.2) is 0 Å². The quantitative estimate of drug-likeness (QED) is 0.192. The Hall–Kier alpha value is -6.12. The molecule has 0 atom stereocenters. The summed E-state index contributed by atoms with van der Waals surface area (Å²) < 4.78 is 0. The van der Waals surface area contributed by atoms with Crippen molar-refractivity contribution in [3.8, 4) is 44.8 Å². The van der Waals surface area contributed by atoms with E-state index >= 15 is 0 Å². The van der Waals surface area contributed by atoms with E-state index in [0.717, 1.165) is 44.3 Å². The Kier molecular flexibility index (Phi) is 6.17. The van der Waals surface area contributed by atoms with Crippen molar-refractivity contribution in [2.24, 2.45) is 0 Å². The van der Waals surface area contributed by atoms with Crippen LogP contribution in [0.4, 0.5) is 0 Å². The average Bonchev–Trinajstić information content (AvgIpc) is 3.14. The summed E-state index contributed by atoms with van der Waals surface area (Å²) in [5, 5.41) is 7.27. The van der Waals surface area contributed by atoms with Crippen molar-refractivity contribution in [3.05, 3.63) is 170 Å². The van der Waals surface area contributed by atoms with Gasteiger partial charge in [0, 0.05) is 21.9 Å². The Bertz CT molecular complexity index is 2420. The molecule has 9 rings (SSSR count). The predicted octanol–water partition coefficient (Wildman–Crippen LogP) is 11.8. The zero-order chi connectivity index (χ0) is 30.5. The Morgan fingerprint density at radius 2 is 0.652 bits per heavy atom. The highest BCUT2D eigenvalue weighted by Crippen LogP contribution is 2.35. The van der Waals surface area contributed by atoms with Crippen molar-refractivity contribution < 1.29 is 0 Å². The van der Waals surface area contributed by atoms with E-state index < -0.39 is 0 Å². The molecule has 2 heteroatoms. The Labute approximate surface area is 267 Å². The molecule has 0 N–H and O–H groups in total. The molecule has 0 saturated heterocycles. The molecule has 0 fully saturated rings. The van der Waals surface area contributed by atoms with Crippen LogP contribution in [0.5, 0.6) is 0 Å². The molecule has 0 amide bonds. The minimum Gasteiger partial charge on any atom is -0.248 e. The van der Waals surface area contributed by atoms with Gasteiger partial charge in [-0.05, 0) is 92.3 Å². The summed E-state index contributed by atoms with van der Waals surface area (Å²) >= 11 is 0. The molecule has 9 aromatic rings. The van der Waals surface area contributed by atoms with Crippen LogP contribution >= 0.6 is 0 Å². The molecule has 0 aliphatic heterocycles. The fourth-order valence-electron chi connectivity index (χ4n) is 6.58. The van der Waals surface area contributed by atoms with E-state index in [1.165, 1.54) is 43.8 Å². The zero-order valence-corrected chi connectivity index (χ0v) is 25.1. The highest BCUT2D eigenvalue weighted by Gasteiger charge is 2.10. The Morgan fingerprint density at radius 1 is 0.261 bits per heavy atom. The molecule has 0 unspecified atom stereocenters. The molecule has 0 spiro atoms. The van der Waals surface area contributed by atoms with Crippen LogP contribution in [0.15, 0.2) is 170 Å². The van der Waals surface area contributed by atoms with E-state index in [4.69, 9.17) is 9.97 Å². The first-order chi connectivity index (χ1) is 22.7. The third-order valence-corrected chi connectivity index (χ3v) is 9.02. The average molecular weight is 585 g/mol. The third kappa shape index (κ3) is 4.68. The number of fused-ring (bicyclic) bond motifs is 5. The van der Waals surface area contributed by atoms with Crippen LogP contribution in [-0.4, -0.2) is 9.97 Å². The second kappa shape index (κ2) is 10.8. The molecule has 2 aromatic heterocycles. The van der Waals surface area contributed by atoms with Crippen molar-refractivity contribution in [3.63, 3.8) is 0 Å². The topological polar surface area (TPSA) is 25.8 Å². The third-order valence-electron chi connectivity index (χ3n) is 9.02. The molecular formula is C44H28N2. The number of hydrogen-bond acceptors (Lipinski definition) is 2. The van der Waals surface area contributed by atoms with Crippen LogP contribution in [0.2, 0.25) is 0 Å². The van der Waals surface area contributed by atoms with Gasteiger partial charge in [-0.15, -0.1) is 0 Å². The Morgan fingerprint density at radius 3 is 1.15 bits per heavy atom. The van der Waals surface area contributed by atoms with Gasteiger partial charge in [0.2, 0.25) is 0 Å². The lowest BCUT2D eigenvalue weighted by molar-refractivity contribution is 1.40. The number of para-hydroxylation sites is 2. The standard InChI is InChI=1S/C44H28N2/c1-3-13-41-31(7-1)21-23-43(45-41)37-11-5-9-33(25-37)35-19-17-29-15-16-30-18-20-36(28-40(30)39(29)27-35)34-10-6-12-38(26-34)44-24-22-32-8-2-4-14-42(32)46-44/h1-28H. The molecule has 0 aliphatic carbocycles. The summed E-state index contributed by atoms with van der Waals surface area (Å²) in [6.07, 6.45) is 0. The first-order valence-corrected chi connectivity index (χ1v) is 15.6. The predicted molar refractivity (Wildman–Crippen MR) is 194 cm³/mol. The highest BCUT2D eigenvalue weighted by atomic mass is 14.7. The van der Waals surface area contributed by atoms with Crippen molar-refractivity contribution in [1.29, 1.82) is 0 Å². The lowest BCUT2D eigenvalue weighted by Gasteiger charge is -2.11. The van der Waals surface area contributed by atoms with Crippen LogP contribution in [0.1, 0.15) is 0 Å². The molecule has 7 aromatic carbocycles. The second-order valence-electron chi connectivity index (χ2n) is 11.9. The van der Waals surface area contributed by atoms with Gasteiger partial charge in [-0.1, -0.05) is 121 Å². The molecule has 2 heterocycles. The van der Waals surface area contributed by atoms with Gasteiger partial charge < -0.3 is 0 Å². The monoisotopic (exact) mass is 584 g/mol. The van der Waals surface area contributed by atoms with Gasteiger partial charge in [0.05, 0.1) is 22.4 Å². The van der Waals surface area contributed by atoms with E-state index in [9.17, 15) is 0 Å². The van der Waals surface area contributed by atoms with Gasteiger partial charge in [0.1, 0.15) is 0 Å². The molecular weight excluding hydrogens is 556 g/mol. The van der Waals surface area contributed by atoms with Crippen molar-refractivity contribution in [1.82, 2.24) is 9.97 Å². The van der Waals surface area contributed by atoms with Crippen LogP contribution in [0, 0.1) is 0 Å². The fraction of sp³-hybridized carbons (Fsp3) is 0. The highest BCUT2D eigenvalue weighted by molar-refractivity contribution is 6.10. The molecule has 0 aliphatic rings. The number of pyridine rings is 2.